The number of phenols is 2. The van der Waals surface area contributed by atoms with E-state index in [2.05, 4.69) is 73.8 Å². The molecule has 0 radical (unpaired) electrons. The van der Waals surface area contributed by atoms with Gasteiger partial charge in [-0.1, -0.05) is 64.8 Å². The van der Waals surface area contributed by atoms with Crippen molar-refractivity contribution in [2.45, 2.75) is 223 Å². The Kier molecular flexibility index (Phi) is 38.0. The number of hydrogen-bond donors (Lipinski definition) is 23. The summed E-state index contributed by atoms with van der Waals surface area (Å²) in [6.07, 6.45) is -4.88. The number of carbonyl (C=O) groups is 16. The molecule has 2 aromatic rings. The number of amides is 16. The minimum absolute atomic E-state index is 0.0417. The maximum atomic E-state index is 14.9. The van der Waals surface area contributed by atoms with Crippen LogP contribution in [0.15, 0.2) is 58.5 Å². The van der Waals surface area contributed by atoms with Crippen molar-refractivity contribution in [1.82, 2.24) is 68.7 Å². The Morgan fingerprint density at radius 1 is 0.566 bits per heavy atom. The lowest BCUT2D eigenvalue weighted by Gasteiger charge is -2.31. The zero-order valence-corrected chi connectivity index (χ0v) is 64.1. The average molecular weight is 1590 g/mol. The summed E-state index contributed by atoms with van der Waals surface area (Å²) in [6.45, 7) is 7.77. The fourth-order valence-corrected chi connectivity index (χ4v) is 12.0. The Morgan fingerprint density at radius 2 is 1.08 bits per heavy atom. The van der Waals surface area contributed by atoms with E-state index in [4.69, 9.17) is 45.9 Å². The molecule has 42 heteroatoms. The molecule has 0 aromatic heterocycles. The Balaban J connectivity index is 1.72. The van der Waals surface area contributed by atoms with Gasteiger partial charge in [0, 0.05) is 51.9 Å². The second kappa shape index (κ2) is 46.0. The third-order valence-electron chi connectivity index (χ3n) is 18.9. The lowest BCUT2D eigenvalue weighted by Crippen LogP contribution is -2.64. The van der Waals surface area contributed by atoms with Crippen molar-refractivity contribution >= 4 is 106 Å². The van der Waals surface area contributed by atoms with E-state index >= 15 is 0 Å². The minimum atomic E-state index is -2.00. The molecule has 16 amide bonds. The summed E-state index contributed by atoms with van der Waals surface area (Å²) in [5.74, 6) is -18.9. The SMILES string of the molecule is CCC(C)[C@H](NC(=O)[C@H]1CNC(=O)CC[C@H](N)C(=O)N2CCC[C@H]2C(=O)N[C@H](C)C(=O)N[C@@H](Cc2ccc(O)cc2)C(=O)N[C@H](C(C)CC)C(=O)N[C@@H](CC(N)=O)C(=O)N1)C(=O)N[C@H](C(=O)N[C@@H](CCCN=C(N)N)C(=O)N[C@@H](CCC(N)=O)C(=O)N[C@@H](CCCN=C(N)N)C(=O)N[C@@H](Cc1ccc(O)cc1)C(N)=O)[C@@H](C)O. The van der Waals surface area contributed by atoms with Gasteiger partial charge in [0.25, 0.3) is 0 Å². The van der Waals surface area contributed by atoms with Crippen molar-refractivity contribution < 1.29 is 92.0 Å². The highest BCUT2D eigenvalue weighted by molar-refractivity contribution is 6.01. The van der Waals surface area contributed by atoms with Gasteiger partial charge in [-0.05, 0) is 112 Å². The Morgan fingerprint density at radius 3 is 1.59 bits per heavy atom. The van der Waals surface area contributed by atoms with Gasteiger partial charge in [-0.25, -0.2) is 0 Å². The maximum absolute atomic E-state index is 14.9. The molecule has 0 saturated carbocycles. The lowest BCUT2D eigenvalue weighted by atomic mass is 9.96. The molecule has 31 N–H and O–H groups in total. The van der Waals surface area contributed by atoms with E-state index in [1.54, 1.807) is 20.8 Å². The van der Waals surface area contributed by atoms with Crippen LogP contribution in [-0.4, -0.2) is 237 Å². The zero-order chi connectivity index (χ0) is 84.5. The van der Waals surface area contributed by atoms with Crippen LogP contribution in [0.4, 0.5) is 0 Å². The van der Waals surface area contributed by atoms with Gasteiger partial charge in [0.05, 0.1) is 18.6 Å². The van der Waals surface area contributed by atoms with E-state index in [1.807, 2.05) is 0 Å². The molecule has 2 aliphatic rings. The first kappa shape index (κ1) is 93.4. The number of aliphatic hydroxyl groups is 1. The van der Waals surface area contributed by atoms with Gasteiger partial charge in [0.15, 0.2) is 11.9 Å². The van der Waals surface area contributed by atoms with Gasteiger partial charge < -0.3 is 130 Å². The van der Waals surface area contributed by atoms with Crippen molar-refractivity contribution in [1.29, 1.82) is 0 Å². The van der Waals surface area contributed by atoms with Crippen LogP contribution in [0.5, 0.6) is 11.5 Å². The molecule has 16 atom stereocenters. The van der Waals surface area contributed by atoms with Gasteiger partial charge in [-0.2, -0.15) is 0 Å². The summed E-state index contributed by atoms with van der Waals surface area (Å²) in [7, 11) is 0. The van der Waals surface area contributed by atoms with Gasteiger partial charge in [0.2, 0.25) is 94.5 Å². The van der Waals surface area contributed by atoms with Gasteiger partial charge >= 0.3 is 0 Å². The number of benzene rings is 2. The highest BCUT2D eigenvalue weighted by Gasteiger charge is 2.42. The fraction of sp³-hybridized carbons (Fsp3) is 0.577. The molecule has 42 nitrogen and oxygen atoms in total. The van der Waals surface area contributed by atoms with Gasteiger partial charge in [0.1, 0.15) is 84.0 Å². The first-order chi connectivity index (χ1) is 53.2. The highest BCUT2D eigenvalue weighted by atomic mass is 16.3. The second-order valence-electron chi connectivity index (χ2n) is 28.0. The van der Waals surface area contributed by atoms with E-state index in [0.717, 1.165) is 6.92 Å². The lowest BCUT2D eigenvalue weighted by molar-refractivity contribution is -0.140. The van der Waals surface area contributed by atoms with Crippen LogP contribution < -0.4 is 110 Å². The first-order valence-electron chi connectivity index (χ1n) is 37.1. The molecule has 0 spiro atoms. The number of rotatable bonds is 35. The number of aromatic hydroxyl groups is 2. The molecule has 2 aromatic carbocycles. The van der Waals surface area contributed by atoms with E-state index in [0.29, 0.717) is 17.5 Å². The molecular weight excluding hydrogens is 1480 g/mol. The first-order valence-corrected chi connectivity index (χ1v) is 37.1. The van der Waals surface area contributed by atoms with Crippen LogP contribution in [0.2, 0.25) is 0 Å². The Bertz CT molecular complexity index is 3750. The predicted molar refractivity (Wildman–Crippen MR) is 407 cm³/mol. The maximum Gasteiger partial charge on any atom is 0.245 e. The van der Waals surface area contributed by atoms with Crippen LogP contribution in [0.25, 0.3) is 0 Å². The number of nitrogens with two attached hydrogens (primary N) is 8. The summed E-state index contributed by atoms with van der Waals surface area (Å²) in [4.78, 5) is 233. The van der Waals surface area contributed by atoms with Crippen molar-refractivity contribution in [3.8, 4) is 11.5 Å². The number of nitrogens with zero attached hydrogens (tertiary/aromatic N) is 3. The van der Waals surface area contributed by atoms with E-state index in [9.17, 15) is 92.0 Å². The largest absolute Gasteiger partial charge is 0.508 e. The molecule has 624 valence electrons. The Hall–Kier alpha value is -12.0. The number of aliphatic hydroxyl groups excluding tert-OH is 1. The van der Waals surface area contributed by atoms with E-state index in [-0.39, 0.29) is 107 Å². The van der Waals surface area contributed by atoms with Crippen LogP contribution in [0.3, 0.4) is 0 Å². The van der Waals surface area contributed by atoms with Crippen LogP contribution in [0.1, 0.15) is 136 Å². The average Bonchev–Trinajstić information content (AvgIpc) is 1.82. The molecular formula is C71H111N23O19. The highest BCUT2D eigenvalue weighted by Crippen LogP contribution is 2.21. The van der Waals surface area contributed by atoms with Crippen molar-refractivity contribution in [2.24, 2.45) is 67.7 Å². The summed E-state index contributed by atoms with van der Waals surface area (Å²) >= 11 is 0. The van der Waals surface area contributed by atoms with Crippen molar-refractivity contribution in [3.63, 3.8) is 0 Å². The summed E-state index contributed by atoms with van der Waals surface area (Å²) in [6, 6.07) is -9.60. The standard InChI is InChI=1S/C71H111N23O19/c1-7-34(3)54-66(110)89-48(32-52(74)99)62(106)90-49(33-82-53(100)26-23-42(72)69(113)94-29-11-14-50(94)65(109)83-36(5)58(102)88-47(63(107)91-54)31-39-17-21-41(97)22-18-39)64(108)92-55(35(4)8-2)67(111)93-56(37(6)95)68(112)86-44(13-10-28-81-71(78)79)59(103)85-45(24-25-51(73)98)61(105)84-43(12-9-27-80-70(76)77)60(104)87-46(57(75)101)30-38-15-19-40(96)20-16-38/h15-22,34-37,42-50,54-56,95-97H,7-14,23-33,72H2,1-6H3,(H2,73,98)(H2,74,99)(H2,75,101)(H,82,100)(H,83,109)(H,84,105)(H,85,103)(H,86,112)(H,87,104)(H,88,102)(H,89,110)(H,90,106)(H,91,107)(H,92,108)(H,93,111)(H4,76,77,80)(H4,78,79,81)/t34?,35?,36-,37-,42+,43+,44+,45+,46+,47+,48+,49-,50+,54-,55+,56+/m1/s1. The molecule has 0 aliphatic carbocycles. The van der Waals surface area contributed by atoms with Crippen LogP contribution in [0, 0.1) is 11.8 Å². The monoisotopic (exact) mass is 1590 g/mol. The molecule has 2 heterocycles. The third-order valence-corrected chi connectivity index (χ3v) is 18.9. The molecule has 2 fully saturated rings. The summed E-state index contributed by atoms with van der Waals surface area (Å²) in [5, 5.41) is 60.9. The Labute approximate surface area is 652 Å². The summed E-state index contributed by atoms with van der Waals surface area (Å²) < 4.78 is 0. The summed E-state index contributed by atoms with van der Waals surface area (Å²) in [5.41, 5.74) is 46.1. The number of phenolic OH excluding ortho intramolecular Hbond substituents is 2. The number of hydrogen-bond acceptors (Lipinski definition) is 22. The molecule has 2 aliphatic heterocycles. The van der Waals surface area contributed by atoms with E-state index in [1.165, 1.54) is 67.3 Å². The van der Waals surface area contributed by atoms with Gasteiger partial charge in [-0.3, -0.25) is 86.7 Å². The number of carbonyl (C=O) groups excluding carboxylic acids is 16. The van der Waals surface area contributed by atoms with E-state index < -0.39 is 223 Å². The quantitative estimate of drug-likeness (QED) is 0.0173. The number of fused-ring (bicyclic) bond motifs is 1. The third kappa shape index (κ3) is 31.4. The molecule has 2 saturated heterocycles. The number of nitrogens with one attached hydrogen (secondary N) is 12. The topological polar surface area (TPSA) is 714 Å². The number of primary amides is 3. The fourth-order valence-electron chi connectivity index (χ4n) is 12.0. The molecule has 0 bridgehead atoms. The molecule has 2 unspecified atom stereocenters. The van der Waals surface area contributed by atoms with Crippen molar-refractivity contribution in [2.75, 3.05) is 26.2 Å². The predicted octanol–water partition coefficient (Wildman–Crippen LogP) is -8.33. The minimum Gasteiger partial charge on any atom is -0.508 e. The smallest absolute Gasteiger partial charge is 0.245 e. The van der Waals surface area contributed by atoms with Crippen LogP contribution >= 0.6 is 0 Å². The second-order valence-corrected chi connectivity index (χ2v) is 28.0. The molecule has 4 rings (SSSR count). The van der Waals surface area contributed by atoms with Gasteiger partial charge in [-0.15, -0.1) is 0 Å². The molecule has 113 heavy (non-hydrogen) atoms. The zero-order valence-electron chi connectivity index (χ0n) is 64.1. The normalized spacial score (nSPS) is 21.2. The van der Waals surface area contributed by atoms with Crippen molar-refractivity contribution in [3.05, 3.63) is 59.7 Å². The number of aliphatic imine (C=N–C) groups is 2. The van der Waals surface area contributed by atoms with Crippen LogP contribution in [-0.2, 0) is 89.6 Å². The number of guanidine groups is 2.